The minimum absolute atomic E-state index is 0.585. The first-order valence-electron chi connectivity index (χ1n) is 3.77. The number of rotatable bonds is 2. The van der Waals surface area contributed by atoms with Gasteiger partial charge in [0.15, 0.2) is 0 Å². The molecule has 0 aromatic heterocycles. The number of nitriles is 1. The van der Waals surface area contributed by atoms with Gasteiger partial charge in [0.25, 0.3) is 0 Å². The summed E-state index contributed by atoms with van der Waals surface area (Å²) in [5.74, 6) is 1.25. The first kappa shape index (κ1) is 9.52. The van der Waals surface area contributed by atoms with Gasteiger partial charge in [0.1, 0.15) is 0 Å². The maximum atomic E-state index is 8.53. The van der Waals surface area contributed by atoms with E-state index in [0.717, 1.165) is 5.56 Å². The Kier molecular flexibility index (Phi) is 3.27. The van der Waals surface area contributed by atoms with Crippen molar-refractivity contribution in [1.82, 2.24) is 0 Å². The average Bonchev–Trinajstić information content (AvgIpc) is 2.15. The highest BCUT2D eigenvalue weighted by Gasteiger charge is 1.97. The monoisotopic (exact) mass is 173 g/mol. The van der Waals surface area contributed by atoms with E-state index >= 15 is 0 Å². The fourth-order valence-corrected chi connectivity index (χ4v) is 0.866. The summed E-state index contributed by atoms with van der Waals surface area (Å²) in [7, 11) is -1.43. The smallest absolute Gasteiger partial charge is 0.424 e. The van der Waals surface area contributed by atoms with E-state index in [9.17, 15) is 0 Å². The lowest BCUT2D eigenvalue weighted by atomic mass is 9.91. The molecule has 0 aliphatic heterocycles. The van der Waals surface area contributed by atoms with Crippen LogP contribution in [0.4, 0.5) is 0 Å². The molecule has 0 bridgehead atoms. The summed E-state index contributed by atoms with van der Waals surface area (Å²) in [4.78, 5) is 0. The van der Waals surface area contributed by atoms with Crippen molar-refractivity contribution >= 4 is 13.2 Å². The van der Waals surface area contributed by atoms with E-state index in [-0.39, 0.29) is 0 Å². The molecule has 0 radical (unpaired) electrons. The Morgan fingerprint density at radius 1 is 1.23 bits per heavy atom. The lowest BCUT2D eigenvalue weighted by molar-refractivity contribution is 0.424. The molecule has 64 valence electrons. The van der Waals surface area contributed by atoms with Crippen LogP contribution < -0.4 is 0 Å². The first-order valence-corrected chi connectivity index (χ1v) is 3.77. The predicted molar refractivity (Wildman–Crippen MR) is 50.4 cm³/mol. The molecular formula is C9H8BNO2. The lowest BCUT2D eigenvalue weighted by Gasteiger charge is -1.92. The highest BCUT2D eigenvalue weighted by molar-refractivity contribution is 6.48. The summed E-state index contributed by atoms with van der Waals surface area (Å²) in [6.07, 6.45) is 1.58. The minimum atomic E-state index is -1.43. The van der Waals surface area contributed by atoms with E-state index < -0.39 is 7.12 Å². The molecule has 0 amide bonds. The number of hydrogen-bond donors (Lipinski definition) is 2. The third kappa shape index (κ3) is 3.12. The molecule has 0 saturated carbocycles. The number of benzene rings is 1. The molecule has 1 aromatic rings. The van der Waals surface area contributed by atoms with Gasteiger partial charge in [0.05, 0.1) is 11.6 Å². The van der Waals surface area contributed by atoms with Crippen LogP contribution in [0.3, 0.4) is 0 Å². The van der Waals surface area contributed by atoms with Gasteiger partial charge in [0.2, 0.25) is 0 Å². The SMILES string of the molecule is N#Cc1ccc(C=CB(O)O)cc1. The Morgan fingerprint density at radius 2 is 1.85 bits per heavy atom. The summed E-state index contributed by atoms with van der Waals surface area (Å²) >= 11 is 0. The Labute approximate surface area is 76.7 Å². The van der Waals surface area contributed by atoms with Crippen LogP contribution in [-0.4, -0.2) is 17.2 Å². The Balaban J connectivity index is 2.76. The van der Waals surface area contributed by atoms with E-state index in [1.807, 2.05) is 6.07 Å². The van der Waals surface area contributed by atoms with Crippen LogP contribution in [0.1, 0.15) is 11.1 Å². The van der Waals surface area contributed by atoms with E-state index in [1.54, 1.807) is 30.3 Å². The molecule has 0 spiro atoms. The van der Waals surface area contributed by atoms with Crippen LogP contribution >= 0.6 is 0 Å². The Hall–Kier alpha value is -1.57. The number of hydrogen-bond acceptors (Lipinski definition) is 3. The molecule has 2 N–H and O–H groups in total. The molecule has 0 aliphatic carbocycles. The van der Waals surface area contributed by atoms with Crippen LogP contribution in [0.15, 0.2) is 30.2 Å². The second-order valence-electron chi connectivity index (χ2n) is 2.51. The normalized spacial score (nSPS) is 9.92. The number of nitrogens with zero attached hydrogens (tertiary/aromatic N) is 1. The fraction of sp³-hybridized carbons (Fsp3) is 0. The van der Waals surface area contributed by atoms with Crippen molar-refractivity contribution < 1.29 is 10.0 Å². The highest BCUT2D eigenvalue weighted by Crippen LogP contribution is 2.04. The second-order valence-corrected chi connectivity index (χ2v) is 2.51. The fourth-order valence-electron chi connectivity index (χ4n) is 0.866. The zero-order chi connectivity index (χ0) is 9.68. The molecule has 0 saturated heterocycles. The molecule has 0 atom stereocenters. The first-order chi connectivity index (χ1) is 6.22. The zero-order valence-electron chi connectivity index (χ0n) is 6.88. The largest absolute Gasteiger partial charge is 0.480 e. The molecule has 3 nitrogen and oxygen atoms in total. The van der Waals surface area contributed by atoms with Gasteiger partial charge in [0, 0.05) is 0 Å². The Morgan fingerprint density at radius 3 is 2.31 bits per heavy atom. The van der Waals surface area contributed by atoms with Gasteiger partial charge in [-0.1, -0.05) is 24.2 Å². The van der Waals surface area contributed by atoms with Crippen LogP contribution in [0.2, 0.25) is 0 Å². The lowest BCUT2D eigenvalue weighted by Crippen LogP contribution is -2.05. The summed E-state index contributed by atoms with van der Waals surface area (Å²) < 4.78 is 0. The van der Waals surface area contributed by atoms with Gasteiger partial charge in [-0.3, -0.25) is 0 Å². The van der Waals surface area contributed by atoms with Gasteiger partial charge in [-0.2, -0.15) is 5.26 Å². The van der Waals surface area contributed by atoms with Gasteiger partial charge in [-0.15, -0.1) is 0 Å². The standard InChI is InChI=1S/C9H8BNO2/c11-7-9-3-1-8(2-4-9)5-6-10(12)13/h1-6,12-13H. The van der Waals surface area contributed by atoms with E-state index in [0.29, 0.717) is 5.56 Å². The molecule has 1 rings (SSSR count). The van der Waals surface area contributed by atoms with E-state index in [2.05, 4.69) is 0 Å². The summed E-state index contributed by atoms with van der Waals surface area (Å²) in [6.45, 7) is 0. The van der Waals surface area contributed by atoms with E-state index in [1.165, 1.54) is 5.98 Å². The molecule has 0 unspecified atom stereocenters. The molecule has 0 aliphatic rings. The quantitative estimate of drug-likeness (QED) is 0.643. The van der Waals surface area contributed by atoms with Crippen LogP contribution in [0.25, 0.3) is 6.08 Å². The van der Waals surface area contributed by atoms with Crippen molar-refractivity contribution in [3.05, 3.63) is 41.4 Å². The molecule has 0 fully saturated rings. The van der Waals surface area contributed by atoms with Crippen LogP contribution in [0, 0.1) is 11.3 Å². The van der Waals surface area contributed by atoms with Crippen molar-refractivity contribution in [3.63, 3.8) is 0 Å². The summed E-state index contributed by atoms with van der Waals surface area (Å²) in [6, 6.07) is 8.80. The van der Waals surface area contributed by atoms with E-state index in [4.69, 9.17) is 15.3 Å². The molecule has 4 heteroatoms. The predicted octanol–water partition coefficient (Wildman–Crippen LogP) is 0.583. The maximum Gasteiger partial charge on any atom is 0.480 e. The molecular weight excluding hydrogens is 165 g/mol. The third-order valence-electron chi connectivity index (χ3n) is 1.50. The highest BCUT2D eigenvalue weighted by atomic mass is 16.4. The maximum absolute atomic E-state index is 8.53. The third-order valence-corrected chi connectivity index (χ3v) is 1.50. The minimum Gasteiger partial charge on any atom is -0.424 e. The molecule has 13 heavy (non-hydrogen) atoms. The van der Waals surface area contributed by atoms with Gasteiger partial charge < -0.3 is 10.0 Å². The van der Waals surface area contributed by atoms with Crippen molar-refractivity contribution in [2.24, 2.45) is 0 Å². The molecule has 0 heterocycles. The van der Waals surface area contributed by atoms with Gasteiger partial charge >= 0.3 is 7.12 Å². The van der Waals surface area contributed by atoms with Crippen molar-refractivity contribution in [2.45, 2.75) is 0 Å². The molecule has 1 aromatic carbocycles. The van der Waals surface area contributed by atoms with Crippen LogP contribution in [-0.2, 0) is 0 Å². The Bertz CT molecular complexity index is 338. The van der Waals surface area contributed by atoms with Gasteiger partial charge in [-0.25, -0.2) is 0 Å². The topological polar surface area (TPSA) is 64.2 Å². The summed E-state index contributed by atoms with van der Waals surface area (Å²) in [5.41, 5.74) is 1.41. The average molecular weight is 173 g/mol. The summed E-state index contributed by atoms with van der Waals surface area (Å²) in [5, 5.41) is 25.6. The second kappa shape index (κ2) is 4.46. The van der Waals surface area contributed by atoms with Gasteiger partial charge in [-0.05, 0) is 17.7 Å². The zero-order valence-corrected chi connectivity index (χ0v) is 6.88. The van der Waals surface area contributed by atoms with Crippen LogP contribution in [0.5, 0.6) is 0 Å². The van der Waals surface area contributed by atoms with Crippen molar-refractivity contribution in [2.75, 3.05) is 0 Å². The van der Waals surface area contributed by atoms with Crippen molar-refractivity contribution in [3.8, 4) is 6.07 Å². The van der Waals surface area contributed by atoms with Crippen molar-refractivity contribution in [1.29, 1.82) is 5.26 Å².